The zero-order valence-corrected chi connectivity index (χ0v) is 12.9. The van der Waals surface area contributed by atoms with Crippen LogP contribution in [0.1, 0.15) is 22.7 Å². The third-order valence-electron chi connectivity index (χ3n) is 2.85. The molecule has 0 aliphatic heterocycles. The molecule has 0 saturated heterocycles. The number of rotatable bonds is 2. The second-order valence-corrected chi connectivity index (χ2v) is 5.88. The van der Waals surface area contributed by atoms with Crippen molar-refractivity contribution in [3.05, 3.63) is 67.6 Å². The quantitative estimate of drug-likeness (QED) is 0.804. The minimum Gasteiger partial charge on any atom is -0.320 e. The highest BCUT2D eigenvalue weighted by Gasteiger charge is 2.13. The summed E-state index contributed by atoms with van der Waals surface area (Å²) in [5.41, 5.74) is 9.11. The van der Waals surface area contributed by atoms with Gasteiger partial charge in [0.2, 0.25) is 0 Å². The average molecular weight is 345 g/mol. The molecule has 0 radical (unpaired) electrons. The van der Waals surface area contributed by atoms with Crippen LogP contribution in [0, 0.1) is 6.92 Å². The second-order valence-electron chi connectivity index (χ2n) is 4.15. The van der Waals surface area contributed by atoms with E-state index in [1.165, 1.54) is 0 Å². The van der Waals surface area contributed by atoms with Crippen LogP contribution in [0.5, 0.6) is 0 Å². The highest BCUT2D eigenvalue weighted by Crippen LogP contribution is 2.30. The van der Waals surface area contributed by atoms with Crippen LogP contribution in [0.4, 0.5) is 0 Å². The summed E-state index contributed by atoms with van der Waals surface area (Å²) in [4.78, 5) is 0. The molecule has 1 nitrogen and oxygen atoms in total. The van der Waals surface area contributed by atoms with Crippen LogP contribution >= 0.6 is 39.1 Å². The molecule has 0 spiro atoms. The Labute approximate surface area is 125 Å². The first-order valence-corrected chi connectivity index (χ1v) is 7.00. The van der Waals surface area contributed by atoms with Gasteiger partial charge in [-0.1, -0.05) is 57.3 Å². The van der Waals surface area contributed by atoms with Crippen molar-refractivity contribution < 1.29 is 0 Å². The van der Waals surface area contributed by atoms with E-state index in [0.29, 0.717) is 5.02 Å². The first-order chi connectivity index (χ1) is 8.49. The van der Waals surface area contributed by atoms with E-state index in [1.807, 2.05) is 43.3 Å². The Balaban J connectivity index is 2.41. The molecule has 0 aliphatic rings. The van der Waals surface area contributed by atoms with E-state index in [9.17, 15) is 0 Å². The van der Waals surface area contributed by atoms with Crippen LogP contribution in [0.15, 0.2) is 40.9 Å². The van der Waals surface area contributed by atoms with Gasteiger partial charge in [0, 0.05) is 14.5 Å². The molecular weight excluding hydrogens is 333 g/mol. The third kappa shape index (κ3) is 2.89. The van der Waals surface area contributed by atoms with Gasteiger partial charge in [0.15, 0.2) is 0 Å². The van der Waals surface area contributed by atoms with Crippen LogP contribution in [0.3, 0.4) is 0 Å². The van der Waals surface area contributed by atoms with Gasteiger partial charge in [0.25, 0.3) is 0 Å². The molecular formula is C14H12BrCl2N. The summed E-state index contributed by atoms with van der Waals surface area (Å²) >= 11 is 15.7. The lowest BCUT2D eigenvalue weighted by atomic mass is 9.99. The van der Waals surface area contributed by atoms with Gasteiger partial charge >= 0.3 is 0 Å². The number of hydrogen-bond acceptors (Lipinski definition) is 1. The van der Waals surface area contributed by atoms with Gasteiger partial charge in [-0.15, -0.1) is 0 Å². The highest BCUT2D eigenvalue weighted by molar-refractivity contribution is 9.10. The lowest BCUT2D eigenvalue weighted by Gasteiger charge is -2.15. The predicted molar refractivity (Wildman–Crippen MR) is 81.4 cm³/mol. The molecule has 0 bridgehead atoms. The molecule has 0 aliphatic carbocycles. The predicted octanol–water partition coefficient (Wildman–Crippen LogP) is 5.11. The van der Waals surface area contributed by atoms with E-state index < -0.39 is 0 Å². The van der Waals surface area contributed by atoms with Crippen molar-refractivity contribution in [2.45, 2.75) is 13.0 Å². The monoisotopic (exact) mass is 343 g/mol. The van der Waals surface area contributed by atoms with Gasteiger partial charge in [-0.05, 0) is 41.8 Å². The standard InChI is InChI=1S/C14H12BrCl2N/c1-8-2-3-9(6-12(8)16)14(18)11-5-4-10(15)7-13(11)17/h2-7,14H,18H2,1H3. The minimum atomic E-state index is -0.274. The van der Waals surface area contributed by atoms with E-state index in [0.717, 1.165) is 26.2 Å². The average Bonchev–Trinajstić information content (AvgIpc) is 2.32. The van der Waals surface area contributed by atoms with Gasteiger partial charge in [0.05, 0.1) is 6.04 Å². The van der Waals surface area contributed by atoms with Crippen LogP contribution in [0.25, 0.3) is 0 Å². The van der Waals surface area contributed by atoms with Crippen molar-refractivity contribution in [1.29, 1.82) is 0 Å². The molecule has 0 aromatic heterocycles. The van der Waals surface area contributed by atoms with Crippen molar-refractivity contribution in [2.24, 2.45) is 5.73 Å². The second kappa shape index (κ2) is 5.62. The van der Waals surface area contributed by atoms with Gasteiger partial charge < -0.3 is 5.73 Å². The molecule has 94 valence electrons. The van der Waals surface area contributed by atoms with Gasteiger partial charge in [-0.3, -0.25) is 0 Å². The molecule has 0 heterocycles. The SMILES string of the molecule is Cc1ccc(C(N)c2ccc(Br)cc2Cl)cc1Cl. The maximum atomic E-state index is 6.23. The Morgan fingerprint density at radius 2 is 1.78 bits per heavy atom. The van der Waals surface area contributed by atoms with Crippen LogP contribution < -0.4 is 5.73 Å². The van der Waals surface area contributed by atoms with Crippen LogP contribution in [0.2, 0.25) is 10.0 Å². The van der Waals surface area contributed by atoms with Crippen molar-refractivity contribution in [1.82, 2.24) is 0 Å². The number of nitrogens with two attached hydrogens (primary N) is 1. The summed E-state index contributed by atoms with van der Waals surface area (Å²) in [5.74, 6) is 0. The van der Waals surface area contributed by atoms with Crippen LogP contribution in [-0.2, 0) is 0 Å². The molecule has 1 atom stereocenters. The Morgan fingerprint density at radius 3 is 2.39 bits per heavy atom. The zero-order chi connectivity index (χ0) is 13.3. The van der Waals surface area contributed by atoms with Gasteiger partial charge in [-0.25, -0.2) is 0 Å². The maximum Gasteiger partial charge on any atom is 0.0566 e. The van der Waals surface area contributed by atoms with E-state index >= 15 is 0 Å². The van der Waals surface area contributed by atoms with Crippen molar-refractivity contribution >= 4 is 39.1 Å². The van der Waals surface area contributed by atoms with Crippen molar-refractivity contribution in [2.75, 3.05) is 0 Å². The molecule has 2 aromatic rings. The van der Waals surface area contributed by atoms with Crippen LogP contribution in [-0.4, -0.2) is 0 Å². The highest BCUT2D eigenvalue weighted by atomic mass is 79.9. The summed E-state index contributed by atoms with van der Waals surface area (Å²) in [6.45, 7) is 1.96. The molecule has 4 heteroatoms. The van der Waals surface area contributed by atoms with E-state index in [1.54, 1.807) is 0 Å². The fourth-order valence-corrected chi connectivity index (χ4v) is 2.72. The molecule has 2 aromatic carbocycles. The lowest BCUT2D eigenvalue weighted by Crippen LogP contribution is -2.12. The molecule has 0 saturated carbocycles. The largest absolute Gasteiger partial charge is 0.320 e. The third-order valence-corrected chi connectivity index (χ3v) is 4.08. The Bertz CT molecular complexity index is 584. The minimum absolute atomic E-state index is 0.274. The number of benzene rings is 2. The molecule has 0 fully saturated rings. The Morgan fingerprint density at radius 1 is 1.06 bits per heavy atom. The first kappa shape index (κ1) is 13.9. The van der Waals surface area contributed by atoms with Gasteiger partial charge in [0.1, 0.15) is 0 Å². The molecule has 2 rings (SSSR count). The Kier molecular flexibility index (Phi) is 4.33. The zero-order valence-electron chi connectivity index (χ0n) is 9.75. The number of hydrogen-bond donors (Lipinski definition) is 1. The fourth-order valence-electron chi connectivity index (χ4n) is 1.74. The van der Waals surface area contributed by atoms with Gasteiger partial charge in [-0.2, -0.15) is 0 Å². The number of aryl methyl sites for hydroxylation is 1. The van der Waals surface area contributed by atoms with E-state index in [4.69, 9.17) is 28.9 Å². The maximum absolute atomic E-state index is 6.23. The first-order valence-electron chi connectivity index (χ1n) is 5.45. The summed E-state index contributed by atoms with van der Waals surface area (Å²) in [5, 5.41) is 1.37. The van der Waals surface area contributed by atoms with Crippen molar-refractivity contribution in [3.63, 3.8) is 0 Å². The van der Waals surface area contributed by atoms with Crippen molar-refractivity contribution in [3.8, 4) is 0 Å². The summed E-state index contributed by atoms with van der Waals surface area (Å²) < 4.78 is 0.936. The smallest absolute Gasteiger partial charge is 0.0566 e. The number of halogens is 3. The van der Waals surface area contributed by atoms with E-state index in [-0.39, 0.29) is 6.04 Å². The topological polar surface area (TPSA) is 26.0 Å². The molecule has 18 heavy (non-hydrogen) atoms. The molecule has 1 unspecified atom stereocenters. The molecule has 0 amide bonds. The molecule has 2 N–H and O–H groups in total. The summed E-state index contributed by atoms with van der Waals surface area (Å²) in [6.07, 6.45) is 0. The summed E-state index contributed by atoms with van der Waals surface area (Å²) in [7, 11) is 0. The normalized spacial score (nSPS) is 12.5. The summed E-state index contributed by atoms with van der Waals surface area (Å²) in [6, 6.07) is 11.2. The fraction of sp³-hybridized carbons (Fsp3) is 0.143. The van der Waals surface area contributed by atoms with E-state index in [2.05, 4.69) is 15.9 Å². The Hall–Kier alpha value is -0.540. The lowest BCUT2D eigenvalue weighted by molar-refractivity contribution is 0.871.